The maximum absolute atomic E-state index is 12.4. The van der Waals surface area contributed by atoms with Crippen LogP contribution in [0.25, 0.3) is 0 Å². The lowest BCUT2D eigenvalue weighted by Gasteiger charge is -2.10. The molecule has 0 saturated carbocycles. The van der Waals surface area contributed by atoms with Gasteiger partial charge in [0.2, 0.25) is 0 Å². The fourth-order valence-corrected chi connectivity index (χ4v) is 2.76. The summed E-state index contributed by atoms with van der Waals surface area (Å²) >= 11 is 3.53. The molecular weight excluding hydrogens is 330 g/mol. The molecule has 2 aromatic carbocycles. The van der Waals surface area contributed by atoms with E-state index in [9.17, 15) is 4.79 Å². The van der Waals surface area contributed by atoms with Gasteiger partial charge in [-0.2, -0.15) is 0 Å². The number of nitrogens with one attached hydrogen (secondary N) is 1. The summed E-state index contributed by atoms with van der Waals surface area (Å²) in [4.78, 5) is 12.4. The summed E-state index contributed by atoms with van der Waals surface area (Å²) < 4.78 is 6.45. The Morgan fingerprint density at radius 1 is 1.10 bits per heavy atom. The van der Waals surface area contributed by atoms with Crippen LogP contribution in [0.15, 0.2) is 34.8 Å². The van der Waals surface area contributed by atoms with E-state index in [1.807, 2.05) is 44.2 Å². The minimum Gasteiger partial charge on any atom is -0.372 e. The number of fused-ring (bicyclic) bond motifs is 1. The Morgan fingerprint density at radius 3 is 2.48 bits per heavy atom. The first-order valence-electron chi connectivity index (χ1n) is 6.82. The lowest BCUT2D eigenvalue weighted by atomic mass is 10.1. The van der Waals surface area contributed by atoms with Crippen molar-refractivity contribution in [3.63, 3.8) is 0 Å². The van der Waals surface area contributed by atoms with E-state index in [1.54, 1.807) is 0 Å². The average molecular weight is 346 g/mol. The van der Waals surface area contributed by atoms with Gasteiger partial charge in [0.25, 0.3) is 5.91 Å². The number of hydrogen-bond acceptors (Lipinski definition) is 2. The molecule has 0 bridgehead atoms. The highest BCUT2D eigenvalue weighted by molar-refractivity contribution is 9.10. The normalized spacial score (nSPS) is 13.1. The zero-order chi connectivity index (χ0) is 15.0. The van der Waals surface area contributed by atoms with Crippen LogP contribution in [0.5, 0.6) is 0 Å². The Labute approximate surface area is 132 Å². The van der Waals surface area contributed by atoms with Gasteiger partial charge >= 0.3 is 0 Å². The van der Waals surface area contributed by atoms with Crippen LogP contribution < -0.4 is 5.32 Å². The molecule has 4 heteroatoms. The summed E-state index contributed by atoms with van der Waals surface area (Å²) in [5.74, 6) is -0.0918. The maximum Gasteiger partial charge on any atom is 0.255 e. The van der Waals surface area contributed by atoms with Crippen molar-refractivity contribution < 1.29 is 9.53 Å². The topological polar surface area (TPSA) is 38.3 Å². The number of rotatable bonds is 2. The molecule has 0 spiro atoms. The molecule has 1 aliphatic rings. The SMILES string of the molecule is Cc1cc(NC(=O)c2ccc3c(c2)COC3)cc(C)c1Br. The standard InChI is InChI=1S/C17H16BrNO2/c1-10-5-15(6-11(2)16(10)18)19-17(20)12-3-4-13-8-21-9-14(13)7-12/h3-7H,8-9H2,1-2H3,(H,19,20). The molecule has 0 fully saturated rings. The Morgan fingerprint density at radius 2 is 1.76 bits per heavy atom. The summed E-state index contributed by atoms with van der Waals surface area (Å²) in [6.07, 6.45) is 0. The van der Waals surface area contributed by atoms with Gasteiger partial charge in [0.05, 0.1) is 13.2 Å². The van der Waals surface area contributed by atoms with Gasteiger partial charge in [-0.1, -0.05) is 22.0 Å². The largest absolute Gasteiger partial charge is 0.372 e. The fourth-order valence-electron chi connectivity index (χ4n) is 2.53. The molecule has 21 heavy (non-hydrogen) atoms. The number of anilines is 1. The summed E-state index contributed by atoms with van der Waals surface area (Å²) in [5, 5.41) is 2.96. The molecule has 1 heterocycles. The Hall–Kier alpha value is -1.65. The zero-order valence-corrected chi connectivity index (χ0v) is 13.6. The van der Waals surface area contributed by atoms with Crippen molar-refractivity contribution in [1.82, 2.24) is 0 Å². The molecule has 0 radical (unpaired) electrons. The van der Waals surface area contributed by atoms with Crippen LogP contribution in [0.2, 0.25) is 0 Å². The molecule has 0 aliphatic carbocycles. The molecule has 2 aromatic rings. The summed E-state index contributed by atoms with van der Waals surface area (Å²) in [6, 6.07) is 9.66. The van der Waals surface area contributed by atoms with E-state index in [4.69, 9.17) is 4.74 Å². The molecule has 1 aliphatic heterocycles. The third-order valence-electron chi connectivity index (χ3n) is 3.68. The molecular formula is C17H16BrNO2. The van der Waals surface area contributed by atoms with Crippen LogP contribution >= 0.6 is 15.9 Å². The molecule has 1 amide bonds. The van der Waals surface area contributed by atoms with E-state index in [2.05, 4.69) is 21.2 Å². The van der Waals surface area contributed by atoms with E-state index in [-0.39, 0.29) is 5.91 Å². The second-order valence-electron chi connectivity index (χ2n) is 5.35. The Kier molecular flexibility index (Phi) is 3.83. The number of halogens is 1. The monoisotopic (exact) mass is 345 g/mol. The van der Waals surface area contributed by atoms with Crippen LogP contribution in [0.4, 0.5) is 5.69 Å². The van der Waals surface area contributed by atoms with Crippen molar-refractivity contribution in [3.05, 3.63) is 62.6 Å². The van der Waals surface area contributed by atoms with Gasteiger partial charge in [0.15, 0.2) is 0 Å². The van der Waals surface area contributed by atoms with E-state index >= 15 is 0 Å². The third-order valence-corrected chi connectivity index (χ3v) is 4.93. The third kappa shape index (κ3) is 2.87. The first-order valence-corrected chi connectivity index (χ1v) is 7.61. The van der Waals surface area contributed by atoms with Gasteiger partial charge in [-0.05, 0) is 60.4 Å². The molecule has 3 nitrogen and oxygen atoms in total. The van der Waals surface area contributed by atoms with E-state index in [0.717, 1.165) is 26.9 Å². The first-order chi connectivity index (χ1) is 10.0. The van der Waals surface area contributed by atoms with Gasteiger partial charge < -0.3 is 10.1 Å². The van der Waals surface area contributed by atoms with Gasteiger partial charge in [0.1, 0.15) is 0 Å². The summed E-state index contributed by atoms with van der Waals surface area (Å²) in [5.41, 5.74) is 5.96. The van der Waals surface area contributed by atoms with Crippen LogP contribution in [0.1, 0.15) is 32.6 Å². The molecule has 0 saturated heterocycles. The minimum atomic E-state index is -0.0918. The van der Waals surface area contributed by atoms with Crippen molar-refractivity contribution in [2.24, 2.45) is 0 Å². The average Bonchev–Trinajstić information content (AvgIpc) is 2.91. The number of carbonyl (C=O) groups excluding carboxylic acids is 1. The van der Waals surface area contributed by atoms with Gasteiger partial charge in [-0.15, -0.1) is 0 Å². The van der Waals surface area contributed by atoms with Crippen molar-refractivity contribution in [1.29, 1.82) is 0 Å². The van der Waals surface area contributed by atoms with Gasteiger partial charge in [-0.25, -0.2) is 0 Å². The lowest BCUT2D eigenvalue weighted by molar-refractivity contribution is 0.102. The zero-order valence-electron chi connectivity index (χ0n) is 12.0. The fraction of sp³-hybridized carbons (Fsp3) is 0.235. The van der Waals surface area contributed by atoms with Crippen molar-refractivity contribution in [3.8, 4) is 0 Å². The molecule has 108 valence electrons. The number of ether oxygens (including phenoxy) is 1. The maximum atomic E-state index is 12.4. The highest BCUT2D eigenvalue weighted by atomic mass is 79.9. The Bertz CT molecular complexity index is 702. The van der Waals surface area contributed by atoms with E-state index in [0.29, 0.717) is 18.8 Å². The first kappa shape index (κ1) is 14.3. The predicted molar refractivity (Wildman–Crippen MR) is 86.5 cm³/mol. The molecule has 3 rings (SSSR count). The molecule has 1 N–H and O–H groups in total. The second-order valence-corrected chi connectivity index (χ2v) is 6.15. The van der Waals surface area contributed by atoms with Crippen LogP contribution in [0.3, 0.4) is 0 Å². The Balaban J connectivity index is 1.83. The van der Waals surface area contributed by atoms with Crippen LogP contribution in [-0.4, -0.2) is 5.91 Å². The molecule has 0 atom stereocenters. The van der Waals surface area contributed by atoms with E-state index in [1.165, 1.54) is 5.56 Å². The van der Waals surface area contributed by atoms with Crippen LogP contribution in [0, 0.1) is 13.8 Å². The number of carbonyl (C=O) groups is 1. The van der Waals surface area contributed by atoms with Gasteiger partial charge in [0, 0.05) is 15.7 Å². The van der Waals surface area contributed by atoms with Gasteiger partial charge in [-0.3, -0.25) is 4.79 Å². The molecule has 0 unspecified atom stereocenters. The molecule has 0 aromatic heterocycles. The number of benzene rings is 2. The highest BCUT2D eigenvalue weighted by Crippen LogP contribution is 2.26. The van der Waals surface area contributed by atoms with E-state index < -0.39 is 0 Å². The van der Waals surface area contributed by atoms with Crippen molar-refractivity contribution in [2.75, 3.05) is 5.32 Å². The van der Waals surface area contributed by atoms with Crippen molar-refractivity contribution >= 4 is 27.5 Å². The lowest BCUT2D eigenvalue weighted by Crippen LogP contribution is -2.12. The van der Waals surface area contributed by atoms with Crippen molar-refractivity contribution in [2.45, 2.75) is 27.1 Å². The second kappa shape index (κ2) is 5.62. The quantitative estimate of drug-likeness (QED) is 0.878. The predicted octanol–water partition coefficient (Wildman–Crippen LogP) is 4.35. The summed E-state index contributed by atoms with van der Waals surface area (Å²) in [7, 11) is 0. The smallest absolute Gasteiger partial charge is 0.255 e. The van der Waals surface area contributed by atoms with Crippen LogP contribution in [-0.2, 0) is 18.0 Å². The highest BCUT2D eigenvalue weighted by Gasteiger charge is 2.14. The number of aryl methyl sites for hydroxylation is 2. The number of amides is 1. The number of hydrogen-bond donors (Lipinski definition) is 1. The minimum absolute atomic E-state index is 0.0918. The summed E-state index contributed by atoms with van der Waals surface area (Å²) in [6.45, 7) is 5.26.